The SMILES string of the molecule is CCc1ccc(C(Cl)c2cc(Br)c(Br)s2)cc1CC. The molecule has 0 saturated carbocycles. The van der Waals surface area contributed by atoms with Crippen LogP contribution in [0.2, 0.25) is 0 Å². The molecule has 0 nitrogen and oxygen atoms in total. The Bertz CT molecular complexity index is 558. The van der Waals surface area contributed by atoms with Crippen LogP contribution in [0.4, 0.5) is 0 Å². The van der Waals surface area contributed by atoms with Crippen LogP contribution in [0.25, 0.3) is 0 Å². The zero-order valence-electron chi connectivity index (χ0n) is 10.8. The second-order valence-corrected chi connectivity index (χ2v) is 8.06. The second-order valence-electron chi connectivity index (χ2n) is 4.37. The number of hydrogen-bond acceptors (Lipinski definition) is 1. The van der Waals surface area contributed by atoms with Gasteiger partial charge in [-0.2, -0.15) is 0 Å². The molecule has 1 aromatic carbocycles. The van der Waals surface area contributed by atoms with Crippen LogP contribution in [0.15, 0.2) is 32.5 Å². The van der Waals surface area contributed by atoms with Gasteiger partial charge in [0.25, 0.3) is 0 Å². The highest BCUT2D eigenvalue weighted by molar-refractivity contribution is 9.13. The fourth-order valence-corrected chi connectivity index (χ4v) is 4.56. The van der Waals surface area contributed by atoms with E-state index in [0.29, 0.717) is 0 Å². The Kier molecular flexibility index (Phi) is 5.53. The van der Waals surface area contributed by atoms with Gasteiger partial charge in [0.05, 0.1) is 9.16 Å². The van der Waals surface area contributed by atoms with Gasteiger partial charge in [0.2, 0.25) is 0 Å². The molecule has 102 valence electrons. The summed E-state index contributed by atoms with van der Waals surface area (Å²) in [6, 6.07) is 8.70. The van der Waals surface area contributed by atoms with Crippen molar-refractivity contribution in [1.82, 2.24) is 0 Å². The molecule has 0 aliphatic heterocycles. The Morgan fingerprint density at radius 2 is 1.79 bits per heavy atom. The smallest absolute Gasteiger partial charge is 0.0928 e. The van der Waals surface area contributed by atoms with Crippen LogP contribution in [0, 0.1) is 0 Å². The predicted molar refractivity (Wildman–Crippen MR) is 92.6 cm³/mol. The highest BCUT2D eigenvalue weighted by atomic mass is 79.9. The molecule has 0 N–H and O–H groups in total. The number of alkyl halides is 1. The van der Waals surface area contributed by atoms with E-state index in [2.05, 4.69) is 70.0 Å². The van der Waals surface area contributed by atoms with Crippen molar-refractivity contribution in [1.29, 1.82) is 0 Å². The molecule has 2 rings (SSSR count). The molecule has 0 spiro atoms. The number of thiophene rings is 1. The zero-order valence-corrected chi connectivity index (χ0v) is 15.6. The summed E-state index contributed by atoms with van der Waals surface area (Å²) in [6.07, 6.45) is 2.13. The van der Waals surface area contributed by atoms with Crippen LogP contribution in [-0.4, -0.2) is 0 Å². The summed E-state index contributed by atoms with van der Waals surface area (Å²) in [5, 5.41) is -0.0798. The number of benzene rings is 1. The third kappa shape index (κ3) is 3.44. The third-order valence-electron chi connectivity index (χ3n) is 3.20. The van der Waals surface area contributed by atoms with E-state index < -0.39 is 0 Å². The van der Waals surface area contributed by atoms with Gasteiger partial charge in [-0.25, -0.2) is 0 Å². The van der Waals surface area contributed by atoms with Gasteiger partial charge in [-0.15, -0.1) is 22.9 Å². The van der Waals surface area contributed by atoms with E-state index in [1.165, 1.54) is 16.7 Å². The van der Waals surface area contributed by atoms with E-state index in [-0.39, 0.29) is 5.38 Å². The maximum atomic E-state index is 6.61. The molecular weight excluding hydrogens is 407 g/mol. The van der Waals surface area contributed by atoms with E-state index in [0.717, 1.165) is 26.0 Å². The highest BCUT2D eigenvalue weighted by Crippen LogP contribution is 2.40. The van der Waals surface area contributed by atoms with Crippen LogP contribution < -0.4 is 0 Å². The van der Waals surface area contributed by atoms with Crippen LogP contribution in [0.5, 0.6) is 0 Å². The molecule has 0 saturated heterocycles. The van der Waals surface area contributed by atoms with Crippen molar-refractivity contribution in [2.45, 2.75) is 32.1 Å². The van der Waals surface area contributed by atoms with Crippen molar-refractivity contribution in [3.8, 4) is 0 Å². The summed E-state index contributed by atoms with van der Waals surface area (Å²) in [4.78, 5) is 1.16. The summed E-state index contributed by atoms with van der Waals surface area (Å²) < 4.78 is 2.16. The Labute approximate surface area is 140 Å². The zero-order chi connectivity index (χ0) is 14.0. The van der Waals surface area contributed by atoms with E-state index in [9.17, 15) is 0 Å². The molecule has 2 aromatic rings. The third-order valence-corrected chi connectivity index (χ3v) is 7.14. The number of rotatable bonds is 4. The van der Waals surface area contributed by atoms with Gasteiger partial charge in [-0.3, -0.25) is 0 Å². The van der Waals surface area contributed by atoms with Crippen LogP contribution in [0.1, 0.15) is 40.8 Å². The standard InChI is InChI=1S/C15H15Br2ClS/c1-3-9-5-6-11(7-10(9)4-2)14(18)13-8-12(16)15(17)19-13/h5-8,14H,3-4H2,1-2H3. The predicted octanol–water partition coefficient (Wildman–Crippen LogP) is 6.73. The summed E-state index contributed by atoms with van der Waals surface area (Å²) in [7, 11) is 0. The first kappa shape index (κ1) is 15.6. The van der Waals surface area contributed by atoms with Crippen molar-refractivity contribution in [2.24, 2.45) is 0 Å². The van der Waals surface area contributed by atoms with Gasteiger partial charge in [0, 0.05) is 9.35 Å². The van der Waals surface area contributed by atoms with Gasteiger partial charge in [0.1, 0.15) is 0 Å². The normalized spacial score (nSPS) is 12.7. The summed E-state index contributed by atoms with van der Waals surface area (Å²) in [5.74, 6) is 0. The number of aryl methyl sites for hydroxylation is 2. The number of hydrogen-bond donors (Lipinski definition) is 0. The Morgan fingerprint density at radius 1 is 1.11 bits per heavy atom. The Morgan fingerprint density at radius 3 is 2.32 bits per heavy atom. The fraction of sp³-hybridized carbons (Fsp3) is 0.333. The lowest BCUT2D eigenvalue weighted by Crippen LogP contribution is -1.96. The largest absolute Gasteiger partial charge is 0.130 e. The Balaban J connectivity index is 2.35. The molecular formula is C15H15Br2ClS. The van der Waals surface area contributed by atoms with Crippen molar-refractivity contribution in [2.75, 3.05) is 0 Å². The lowest BCUT2D eigenvalue weighted by molar-refractivity contribution is 1.02. The van der Waals surface area contributed by atoms with Crippen molar-refractivity contribution in [3.05, 3.63) is 54.1 Å². The molecule has 0 aliphatic carbocycles. The molecule has 0 radical (unpaired) electrons. The lowest BCUT2D eigenvalue weighted by Gasteiger charge is -2.12. The van der Waals surface area contributed by atoms with E-state index in [1.807, 2.05) is 0 Å². The molecule has 1 heterocycles. The molecule has 0 bridgehead atoms. The molecule has 0 aliphatic rings. The molecule has 0 fully saturated rings. The minimum atomic E-state index is -0.0798. The summed E-state index contributed by atoms with van der Waals surface area (Å²) in [5.41, 5.74) is 4.00. The molecule has 19 heavy (non-hydrogen) atoms. The first-order chi connectivity index (χ1) is 9.06. The van der Waals surface area contributed by atoms with Crippen LogP contribution in [-0.2, 0) is 12.8 Å². The lowest BCUT2D eigenvalue weighted by atomic mass is 9.98. The Hall–Kier alpha value is 0.170. The molecule has 1 unspecified atom stereocenters. The van der Waals surface area contributed by atoms with Crippen molar-refractivity contribution >= 4 is 54.8 Å². The van der Waals surface area contributed by atoms with Gasteiger partial charge in [-0.05, 0) is 67.5 Å². The first-order valence-electron chi connectivity index (χ1n) is 6.27. The van der Waals surface area contributed by atoms with Crippen LogP contribution >= 0.6 is 54.8 Å². The van der Waals surface area contributed by atoms with Gasteiger partial charge in [-0.1, -0.05) is 32.0 Å². The molecule has 4 heteroatoms. The minimum absolute atomic E-state index is 0.0798. The average Bonchev–Trinajstić information content (AvgIpc) is 2.77. The summed E-state index contributed by atoms with van der Waals surface area (Å²) >= 11 is 15.3. The highest BCUT2D eigenvalue weighted by Gasteiger charge is 2.16. The quantitative estimate of drug-likeness (QED) is 0.479. The fourth-order valence-electron chi connectivity index (χ4n) is 2.13. The van der Waals surface area contributed by atoms with E-state index >= 15 is 0 Å². The van der Waals surface area contributed by atoms with Crippen molar-refractivity contribution in [3.63, 3.8) is 0 Å². The average molecular weight is 423 g/mol. The van der Waals surface area contributed by atoms with Crippen LogP contribution in [0.3, 0.4) is 0 Å². The summed E-state index contributed by atoms with van der Waals surface area (Å²) in [6.45, 7) is 4.39. The monoisotopic (exact) mass is 420 g/mol. The van der Waals surface area contributed by atoms with E-state index in [4.69, 9.17) is 11.6 Å². The molecule has 0 amide bonds. The van der Waals surface area contributed by atoms with Gasteiger partial charge < -0.3 is 0 Å². The second kappa shape index (κ2) is 6.75. The number of halogens is 3. The van der Waals surface area contributed by atoms with Gasteiger partial charge in [0.15, 0.2) is 0 Å². The first-order valence-corrected chi connectivity index (χ1v) is 9.11. The molecule has 1 aromatic heterocycles. The maximum Gasteiger partial charge on any atom is 0.0928 e. The topological polar surface area (TPSA) is 0 Å². The van der Waals surface area contributed by atoms with E-state index in [1.54, 1.807) is 11.3 Å². The molecule has 1 atom stereocenters. The van der Waals surface area contributed by atoms with Gasteiger partial charge >= 0.3 is 0 Å². The van der Waals surface area contributed by atoms with Crippen molar-refractivity contribution < 1.29 is 0 Å². The maximum absolute atomic E-state index is 6.61. The minimum Gasteiger partial charge on any atom is -0.130 e.